The molecule has 5 rings (SSSR count). The van der Waals surface area contributed by atoms with Gasteiger partial charge in [0.25, 0.3) is 5.56 Å². The van der Waals surface area contributed by atoms with Crippen LogP contribution in [0.25, 0.3) is 10.8 Å². The van der Waals surface area contributed by atoms with E-state index in [1.165, 1.54) is 12.0 Å². The monoisotopic (exact) mass is 402 g/mol. The molecule has 2 aromatic carbocycles. The first-order valence-corrected chi connectivity index (χ1v) is 11.2. The molecule has 2 saturated carbocycles. The van der Waals surface area contributed by atoms with E-state index < -0.39 is 0 Å². The molecule has 0 spiro atoms. The SMILES string of the molecule is Cc1cc2c(=O)[nH]cc(Cc3ccccc3)c2cc1OC1CC[C@H]2C[C@H]1CCC2N. The molecule has 4 nitrogen and oxygen atoms in total. The minimum atomic E-state index is -0.0433. The quantitative estimate of drug-likeness (QED) is 0.664. The Morgan fingerprint density at radius 3 is 2.67 bits per heavy atom. The fourth-order valence-electron chi connectivity index (χ4n) is 5.46. The molecule has 1 heterocycles. The minimum absolute atomic E-state index is 0.0433. The Morgan fingerprint density at radius 2 is 1.83 bits per heavy atom. The molecule has 2 bridgehead atoms. The van der Waals surface area contributed by atoms with Crippen molar-refractivity contribution in [1.29, 1.82) is 0 Å². The number of nitrogens with one attached hydrogen (secondary N) is 1. The smallest absolute Gasteiger partial charge is 0.255 e. The highest BCUT2D eigenvalue weighted by molar-refractivity contribution is 5.87. The van der Waals surface area contributed by atoms with Gasteiger partial charge in [-0.1, -0.05) is 30.3 Å². The summed E-state index contributed by atoms with van der Waals surface area (Å²) < 4.78 is 6.61. The third-order valence-corrected chi connectivity index (χ3v) is 7.23. The van der Waals surface area contributed by atoms with Crippen molar-refractivity contribution in [3.63, 3.8) is 0 Å². The Morgan fingerprint density at radius 1 is 1.03 bits per heavy atom. The van der Waals surface area contributed by atoms with E-state index in [1.807, 2.05) is 37.4 Å². The lowest BCUT2D eigenvalue weighted by atomic mass is 9.68. The number of hydrogen-bond acceptors (Lipinski definition) is 3. The molecule has 2 aliphatic rings. The third-order valence-electron chi connectivity index (χ3n) is 7.23. The van der Waals surface area contributed by atoms with Gasteiger partial charge >= 0.3 is 0 Å². The van der Waals surface area contributed by atoms with Crippen molar-refractivity contribution in [3.8, 4) is 5.75 Å². The molecule has 0 radical (unpaired) electrons. The van der Waals surface area contributed by atoms with Gasteiger partial charge in [0.15, 0.2) is 0 Å². The Bertz CT molecular complexity index is 1110. The molecule has 0 saturated heterocycles. The summed E-state index contributed by atoms with van der Waals surface area (Å²) >= 11 is 0. The molecule has 1 aromatic heterocycles. The highest BCUT2D eigenvalue weighted by atomic mass is 16.5. The van der Waals surface area contributed by atoms with Crippen LogP contribution in [0.1, 0.15) is 48.8 Å². The Hall–Kier alpha value is -2.59. The normalized spacial score (nSPS) is 25.9. The van der Waals surface area contributed by atoms with Gasteiger partial charge in [0.1, 0.15) is 11.9 Å². The van der Waals surface area contributed by atoms with Gasteiger partial charge in [-0.2, -0.15) is 0 Å². The lowest BCUT2D eigenvalue weighted by Crippen LogP contribution is -2.45. The molecular weight excluding hydrogens is 372 g/mol. The first kappa shape index (κ1) is 19.4. The van der Waals surface area contributed by atoms with E-state index in [0.29, 0.717) is 17.9 Å². The molecule has 0 amide bonds. The third kappa shape index (κ3) is 3.65. The maximum Gasteiger partial charge on any atom is 0.255 e. The molecule has 4 heteroatoms. The molecule has 30 heavy (non-hydrogen) atoms. The number of pyridine rings is 1. The second-order valence-corrected chi connectivity index (χ2v) is 9.20. The predicted octanol–water partition coefficient (Wildman–Crippen LogP) is 4.71. The van der Waals surface area contributed by atoms with E-state index in [1.54, 1.807) is 0 Å². The van der Waals surface area contributed by atoms with Gasteiger partial charge in [0.05, 0.1) is 0 Å². The van der Waals surface area contributed by atoms with E-state index in [-0.39, 0.29) is 11.7 Å². The number of rotatable bonds is 4. The van der Waals surface area contributed by atoms with Crippen LogP contribution < -0.4 is 16.0 Å². The molecule has 3 aromatic rings. The summed E-state index contributed by atoms with van der Waals surface area (Å²) in [6.45, 7) is 2.04. The Balaban J connectivity index is 1.48. The zero-order valence-electron chi connectivity index (χ0n) is 17.6. The van der Waals surface area contributed by atoms with Crippen molar-refractivity contribution in [3.05, 3.63) is 75.7 Å². The highest BCUT2D eigenvalue weighted by Crippen LogP contribution is 2.41. The van der Waals surface area contributed by atoms with Crippen molar-refractivity contribution in [2.75, 3.05) is 0 Å². The lowest BCUT2D eigenvalue weighted by Gasteiger charge is -2.43. The number of hydrogen-bond donors (Lipinski definition) is 2. The summed E-state index contributed by atoms with van der Waals surface area (Å²) in [5.74, 6) is 2.18. The van der Waals surface area contributed by atoms with Crippen LogP contribution in [0, 0.1) is 18.8 Å². The van der Waals surface area contributed by atoms with Crippen LogP contribution in [0.5, 0.6) is 5.75 Å². The van der Waals surface area contributed by atoms with E-state index in [4.69, 9.17) is 10.5 Å². The summed E-state index contributed by atoms with van der Waals surface area (Å²) in [5, 5.41) is 1.73. The van der Waals surface area contributed by atoms with E-state index in [2.05, 4.69) is 23.2 Å². The average Bonchev–Trinajstić information content (AvgIpc) is 2.76. The highest BCUT2D eigenvalue weighted by Gasteiger charge is 2.38. The first-order valence-electron chi connectivity index (χ1n) is 11.2. The van der Waals surface area contributed by atoms with E-state index in [9.17, 15) is 4.79 Å². The van der Waals surface area contributed by atoms with Gasteiger partial charge in [-0.05, 0) is 91.5 Å². The lowest BCUT2D eigenvalue weighted by molar-refractivity contribution is 0.0316. The fourth-order valence-corrected chi connectivity index (χ4v) is 5.46. The van der Waals surface area contributed by atoms with E-state index >= 15 is 0 Å². The number of nitrogens with two attached hydrogens (primary N) is 1. The predicted molar refractivity (Wildman–Crippen MR) is 121 cm³/mol. The topological polar surface area (TPSA) is 68.1 Å². The minimum Gasteiger partial charge on any atom is -0.490 e. The van der Waals surface area contributed by atoms with Crippen molar-refractivity contribution in [2.45, 2.75) is 57.6 Å². The maximum absolute atomic E-state index is 12.5. The van der Waals surface area contributed by atoms with Gasteiger partial charge in [0, 0.05) is 17.6 Å². The summed E-state index contributed by atoms with van der Waals surface area (Å²) in [5.41, 5.74) is 9.62. The first-order chi connectivity index (χ1) is 14.6. The summed E-state index contributed by atoms with van der Waals surface area (Å²) in [6, 6.07) is 14.8. The zero-order valence-corrected chi connectivity index (χ0v) is 17.6. The number of benzene rings is 2. The van der Waals surface area contributed by atoms with Crippen molar-refractivity contribution in [2.24, 2.45) is 17.6 Å². The number of aromatic nitrogens is 1. The number of H-pyrrole nitrogens is 1. The van der Waals surface area contributed by atoms with Crippen molar-refractivity contribution < 1.29 is 4.74 Å². The van der Waals surface area contributed by atoms with Gasteiger partial charge in [-0.15, -0.1) is 0 Å². The molecule has 2 unspecified atom stereocenters. The number of fused-ring (bicyclic) bond motifs is 3. The standard InChI is InChI=1S/C26H30N2O2/c1-16-11-22-21(20(15-28-26(22)29)12-17-5-3-2-4-6-17)14-25(16)30-24-10-8-18-13-19(24)7-9-23(18)27/h2-6,11,14-15,18-19,23-24H,7-10,12-13,27H2,1H3,(H,28,29)/t18-,19+,23?,24?/m0/s1. The van der Waals surface area contributed by atoms with E-state index in [0.717, 1.165) is 59.8 Å². The number of aromatic amines is 1. The van der Waals surface area contributed by atoms with Crippen molar-refractivity contribution >= 4 is 10.8 Å². The second-order valence-electron chi connectivity index (χ2n) is 9.20. The van der Waals surface area contributed by atoms with Crippen LogP contribution >= 0.6 is 0 Å². The number of ether oxygens (including phenoxy) is 1. The summed E-state index contributed by atoms with van der Waals surface area (Å²) in [7, 11) is 0. The number of aryl methyl sites for hydroxylation is 1. The molecule has 2 fully saturated rings. The summed E-state index contributed by atoms with van der Waals surface area (Å²) in [4.78, 5) is 15.4. The van der Waals surface area contributed by atoms with Gasteiger partial charge < -0.3 is 15.5 Å². The summed E-state index contributed by atoms with van der Waals surface area (Å²) in [6.07, 6.45) is 8.59. The second kappa shape index (κ2) is 7.92. The fraction of sp³-hybridized carbons (Fsp3) is 0.423. The molecular formula is C26H30N2O2. The van der Waals surface area contributed by atoms with Crippen LogP contribution in [-0.2, 0) is 6.42 Å². The van der Waals surface area contributed by atoms with Gasteiger partial charge in [0.2, 0.25) is 0 Å². The van der Waals surface area contributed by atoms with Crippen LogP contribution in [0.2, 0.25) is 0 Å². The molecule has 0 aliphatic heterocycles. The maximum atomic E-state index is 12.5. The molecule has 156 valence electrons. The Labute approximate surface area is 177 Å². The average molecular weight is 403 g/mol. The van der Waals surface area contributed by atoms with Crippen LogP contribution in [0.15, 0.2) is 53.5 Å². The van der Waals surface area contributed by atoms with Crippen molar-refractivity contribution in [1.82, 2.24) is 4.98 Å². The Kier molecular flexibility index (Phi) is 5.11. The largest absolute Gasteiger partial charge is 0.490 e. The van der Waals surface area contributed by atoms with Gasteiger partial charge in [-0.3, -0.25) is 4.79 Å². The molecule has 4 atom stereocenters. The zero-order chi connectivity index (χ0) is 20.7. The van der Waals surface area contributed by atoms with Crippen LogP contribution in [0.4, 0.5) is 0 Å². The molecule has 3 N–H and O–H groups in total. The molecule has 2 aliphatic carbocycles. The van der Waals surface area contributed by atoms with Crippen LogP contribution in [-0.4, -0.2) is 17.1 Å². The van der Waals surface area contributed by atoms with Crippen LogP contribution in [0.3, 0.4) is 0 Å². The van der Waals surface area contributed by atoms with Gasteiger partial charge in [-0.25, -0.2) is 0 Å².